The number of nitrogens with zero attached hydrogens (tertiary/aromatic N) is 1. The maximum Gasteiger partial charge on any atom is 0.328 e. The predicted octanol–water partition coefficient (Wildman–Crippen LogP) is 1.33. The lowest BCUT2D eigenvalue weighted by Crippen LogP contribution is -2.64. The summed E-state index contributed by atoms with van der Waals surface area (Å²) in [5, 5.41) is 8.11. The number of sulfone groups is 1. The highest BCUT2D eigenvalue weighted by atomic mass is 32.2. The van der Waals surface area contributed by atoms with E-state index in [2.05, 4.69) is 6.92 Å². The Balaban J connectivity index is 1.94. The van der Waals surface area contributed by atoms with Crippen LogP contribution in [-0.4, -0.2) is 59.0 Å². The molecule has 1 amide bonds. The molecule has 1 N–H and O–H groups in total. The minimum absolute atomic E-state index is 0.231. The number of carboxylic acids is 1. The molecule has 2 aliphatic rings. The van der Waals surface area contributed by atoms with Gasteiger partial charge in [0.05, 0.1) is 4.75 Å². The van der Waals surface area contributed by atoms with Crippen LogP contribution in [0.3, 0.4) is 0 Å². The number of carbonyl (C=O) groups excluding carboxylic acids is 2. The van der Waals surface area contributed by atoms with Crippen LogP contribution in [0, 0.1) is 5.92 Å². The van der Waals surface area contributed by atoms with Crippen molar-refractivity contribution in [1.82, 2.24) is 4.90 Å². The highest BCUT2D eigenvalue weighted by Crippen LogP contribution is 2.48. The molecule has 0 radical (unpaired) electrons. The van der Waals surface area contributed by atoms with Gasteiger partial charge in [-0.1, -0.05) is 32.6 Å². The van der Waals surface area contributed by atoms with Crippen molar-refractivity contribution < 1.29 is 32.6 Å². The van der Waals surface area contributed by atoms with Gasteiger partial charge in [0.25, 0.3) is 0 Å². The zero-order valence-corrected chi connectivity index (χ0v) is 16.3. The number of hydrogen-bond donors (Lipinski definition) is 1. The molecule has 2 saturated heterocycles. The van der Waals surface area contributed by atoms with Gasteiger partial charge in [-0.05, 0) is 20.3 Å². The summed E-state index contributed by atoms with van der Waals surface area (Å²) in [5.41, 5.74) is 0. The number of amides is 1. The Hall–Kier alpha value is -1.64. The fourth-order valence-corrected chi connectivity index (χ4v) is 5.99. The van der Waals surface area contributed by atoms with Crippen molar-refractivity contribution in [2.45, 2.75) is 75.5 Å². The van der Waals surface area contributed by atoms with Crippen LogP contribution in [0.1, 0.15) is 59.3 Å². The average molecular weight is 389 g/mol. The Morgan fingerprint density at radius 1 is 1.19 bits per heavy atom. The van der Waals surface area contributed by atoms with Crippen molar-refractivity contribution >= 4 is 27.7 Å². The van der Waals surface area contributed by atoms with Crippen LogP contribution in [0.15, 0.2) is 0 Å². The molecule has 3 atom stereocenters. The molecule has 2 fully saturated rings. The molecule has 26 heavy (non-hydrogen) atoms. The van der Waals surface area contributed by atoms with Crippen molar-refractivity contribution in [2.24, 2.45) is 5.92 Å². The number of esters is 1. The van der Waals surface area contributed by atoms with E-state index < -0.39 is 49.8 Å². The van der Waals surface area contributed by atoms with Crippen LogP contribution in [0.4, 0.5) is 0 Å². The third kappa shape index (κ3) is 3.33. The largest absolute Gasteiger partial charge is 0.480 e. The molecule has 0 aromatic carbocycles. The third-order valence-electron chi connectivity index (χ3n) is 5.32. The Kier molecular flexibility index (Phi) is 5.99. The van der Waals surface area contributed by atoms with Crippen LogP contribution in [0.25, 0.3) is 0 Å². The quantitative estimate of drug-likeness (QED) is 0.359. The lowest BCUT2D eigenvalue weighted by atomic mass is 9.92. The summed E-state index contributed by atoms with van der Waals surface area (Å²) < 4.78 is 28.8. The standard InChI is InChI=1S/C17H27NO7S/c1-4-5-6-7-8-9-12(19)25-10-11-14(20)18-13(16(21)22)17(2,3)26(23,24)15(11)18/h11,13,15H,4-10H2,1-3H3,(H,21,22)/t11-,13-,15+/m0/s1. The molecule has 8 nitrogen and oxygen atoms in total. The summed E-state index contributed by atoms with van der Waals surface area (Å²) in [5.74, 6) is -3.42. The van der Waals surface area contributed by atoms with E-state index in [4.69, 9.17) is 4.74 Å². The predicted molar refractivity (Wildman–Crippen MR) is 92.9 cm³/mol. The van der Waals surface area contributed by atoms with E-state index in [-0.39, 0.29) is 13.0 Å². The second-order valence-electron chi connectivity index (χ2n) is 7.48. The summed E-state index contributed by atoms with van der Waals surface area (Å²) in [4.78, 5) is 36.4. The van der Waals surface area contributed by atoms with Gasteiger partial charge in [0, 0.05) is 6.42 Å². The fraction of sp³-hybridized carbons (Fsp3) is 0.824. The molecule has 0 saturated carbocycles. The zero-order chi connectivity index (χ0) is 19.7. The number of rotatable bonds is 9. The molecule has 2 heterocycles. The van der Waals surface area contributed by atoms with Gasteiger partial charge in [0.2, 0.25) is 5.91 Å². The van der Waals surface area contributed by atoms with Gasteiger partial charge in [0.1, 0.15) is 18.6 Å². The van der Waals surface area contributed by atoms with E-state index in [0.29, 0.717) is 6.42 Å². The number of carbonyl (C=O) groups is 3. The van der Waals surface area contributed by atoms with Crippen molar-refractivity contribution in [3.8, 4) is 0 Å². The zero-order valence-electron chi connectivity index (χ0n) is 15.4. The van der Waals surface area contributed by atoms with Crippen LogP contribution in [0.2, 0.25) is 0 Å². The summed E-state index contributed by atoms with van der Waals surface area (Å²) in [6.45, 7) is 4.40. The number of ether oxygens (including phenoxy) is 1. The van der Waals surface area contributed by atoms with E-state index in [1.165, 1.54) is 13.8 Å². The highest BCUT2D eigenvalue weighted by molar-refractivity contribution is 7.93. The summed E-state index contributed by atoms with van der Waals surface area (Å²) in [6.07, 6.45) is 5.11. The first-order valence-electron chi connectivity index (χ1n) is 9.01. The second kappa shape index (κ2) is 7.54. The van der Waals surface area contributed by atoms with Crippen molar-refractivity contribution in [3.63, 3.8) is 0 Å². The van der Waals surface area contributed by atoms with Crippen molar-refractivity contribution in [2.75, 3.05) is 6.61 Å². The van der Waals surface area contributed by atoms with Gasteiger partial charge in [-0.3, -0.25) is 9.59 Å². The lowest BCUT2D eigenvalue weighted by Gasteiger charge is -2.42. The molecular weight excluding hydrogens is 362 g/mol. The second-order valence-corrected chi connectivity index (χ2v) is 10.1. The smallest absolute Gasteiger partial charge is 0.328 e. The van der Waals surface area contributed by atoms with Gasteiger partial charge < -0.3 is 14.7 Å². The normalized spacial score (nSPS) is 28.3. The molecule has 0 aromatic rings. The Bertz CT molecular complexity index is 685. The molecular formula is C17H27NO7S. The number of aliphatic carboxylic acids is 1. The van der Waals surface area contributed by atoms with Crippen LogP contribution in [-0.2, 0) is 29.0 Å². The average Bonchev–Trinajstić information content (AvgIpc) is 2.69. The molecule has 0 spiro atoms. The molecule has 0 unspecified atom stereocenters. The summed E-state index contributed by atoms with van der Waals surface area (Å²) in [7, 11) is -3.88. The van der Waals surface area contributed by atoms with Gasteiger partial charge in [-0.25, -0.2) is 13.2 Å². The minimum atomic E-state index is -3.88. The maximum atomic E-state index is 12.7. The SMILES string of the molecule is CCCCCCCC(=O)OC[C@H]1C(=O)N2[C@@H](C(=O)O)C(C)(C)S(=O)(=O)[C@H]12. The van der Waals surface area contributed by atoms with Crippen LogP contribution < -0.4 is 0 Å². The topological polar surface area (TPSA) is 118 Å². The first-order valence-corrected chi connectivity index (χ1v) is 10.6. The molecule has 0 aliphatic carbocycles. The number of fused-ring (bicyclic) bond motifs is 1. The van der Waals surface area contributed by atoms with Gasteiger partial charge in [-0.2, -0.15) is 0 Å². The van der Waals surface area contributed by atoms with Crippen molar-refractivity contribution in [3.05, 3.63) is 0 Å². The number of hydrogen-bond acceptors (Lipinski definition) is 6. The van der Waals surface area contributed by atoms with Gasteiger partial charge in [-0.15, -0.1) is 0 Å². The number of carboxylic acid groups (broad SMARTS) is 1. The van der Waals surface area contributed by atoms with Crippen LogP contribution >= 0.6 is 0 Å². The molecule has 2 rings (SSSR count). The monoisotopic (exact) mass is 389 g/mol. The van der Waals surface area contributed by atoms with E-state index in [9.17, 15) is 27.9 Å². The van der Waals surface area contributed by atoms with Crippen molar-refractivity contribution in [1.29, 1.82) is 0 Å². The minimum Gasteiger partial charge on any atom is -0.480 e. The lowest BCUT2D eigenvalue weighted by molar-refractivity contribution is -0.168. The van der Waals surface area contributed by atoms with E-state index >= 15 is 0 Å². The first-order chi connectivity index (χ1) is 12.1. The summed E-state index contributed by atoms with van der Waals surface area (Å²) >= 11 is 0. The third-order valence-corrected chi connectivity index (χ3v) is 8.20. The number of unbranched alkanes of at least 4 members (excludes halogenated alkanes) is 4. The summed E-state index contributed by atoms with van der Waals surface area (Å²) in [6, 6.07) is -1.42. The Morgan fingerprint density at radius 3 is 2.38 bits per heavy atom. The van der Waals surface area contributed by atoms with Crippen LogP contribution in [0.5, 0.6) is 0 Å². The van der Waals surface area contributed by atoms with E-state index in [1.807, 2.05) is 0 Å². The van der Waals surface area contributed by atoms with Gasteiger partial charge >= 0.3 is 11.9 Å². The van der Waals surface area contributed by atoms with E-state index in [0.717, 1.165) is 30.6 Å². The molecule has 0 bridgehead atoms. The number of β-lactam (4-membered cyclic amide) rings is 1. The molecule has 2 aliphatic heterocycles. The molecule has 0 aromatic heterocycles. The molecule has 148 valence electrons. The van der Waals surface area contributed by atoms with E-state index in [1.54, 1.807) is 0 Å². The Morgan fingerprint density at radius 2 is 1.81 bits per heavy atom. The van der Waals surface area contributed by atoms with Gasteiger partial charge in [0.15, 0.2) is 15.2 Å². The maximum absolute atomic E-state index is 12.7. The highest BCUT2D eigenvalue weighted by Gasteiger charge is 2.72. The fourth-order valence-electron chi connectivity index (χ4n) is 3.69. The molecule has 9 heteroatoms. The Labute approximate surface area is 153 Å². The first kappa shape index (κ1) is 20.7.